The number of carbonyl (C=O) groups is 1. The molecule has 0 aliphatic carbocycles. The molecular weight excluding hydrogens is 349 g/mol. The number of hydrogen-bond donors (Lipinski definition) is 1. The fourth-order valence-corrected chi connectivity index (χ4v) is 4.06. The lowest BCUT2D eigenvalue weighted by atomic mass is 10.2. The van der Waals surface area contributed by atoms with Crippen LogP contribution >= 0.6 is 11.8 Å². The van der Waals surface area contributed by atoms with E-state index in [0.717, 1.165) is 0 Å². The van der Waals surface area contributed by atoms with Gasteiger partial charge in [0.05, 0.1) is 4.90 Å². The highest BCUT2D eigenvalue weighted by molar-refractivity contribution is 7.98. The summed E-state index contributed by atoms with van der Waals surface area (Å²) in [7, 11) is -3.66. The molecule has 0 saturated heterocycles. The summed E-state index contributed by atoms with van der Waals surface area (Å²) in [4.78, 5) is 11.4. The molecule has 7 heteroatoms. The second-order valence-electron chi connectivity index (χ2n) is 5.13. The molecule has 0 bridgehead atoms. The molecule has 0 spiro atoms. The van der Waals surface area contributed by atoms with Crippen molar-refractivity contribution in [2.75, 3.05) is 12.3 Å². The summed E-state index contributed by atoms with van der Waals surface area (Å²) in [5.41, 5.74) is 0.950. The maximum atomic E-state index is 13.5. The van der Waals surface area contributed by atoms with Gasteiger partial charge in [-0.3, -0.25) is 4.79 Å². The minimum Gasteiger partial charge on any atom is -0.295 e. The fourth-order valence-electron chi connectivity index (χ4n) is 2.01. The summed E-state index contributed by atoms with van der Waals surface area (Å²) in [6, 6.07) is 12.4. The molecule has 0 atom stereocenters. The van der Waals surface area contributed by atoms with E-state index >= 15 is 0 Å². The molecule has 0 amide bonds. The molecule has 0 unspecified atom stereocenters. The third-order valence-corrected chi connectivity index (χ3v) is 5.77. The third-order valence-electron chi connectivity index (χ3n) is 3.30. The monoisotopic (exact) mass is 367 g/mol. The third kappa shape index (κ3) is 5.15. The summed E-state index contributed by atoms with van der Waals surface area (Å²) >= 11 is 1.44. The number of sulfonamides is 1. The molecule has 128 valence electrons. The van der Waals surface area contributed by atoms with Crippen molar-refractivity contribution in [3.8, 4) is 0 Å². The van der Waals surface area contributed by atoms with Crippen LogP contribution in [0, 0.1) is 5.82 Å². The van der Waals surface area contributed by atoms with E-state index in [2.05, 4.69) is 4.72 Å². The van der Waals surface area contributed by atoms with Gasteiger partial charge in [-0.25, -0.2) is 17.5 Å². The topological polar surface area (TPSA) is 63.2 Å². The molecule has 0 saturated carbocycles. The van der Waals surface area contributed by atoms with Crippen LogP contribution in [0.1, 0.15) is 22.8 Å². The number of rotatable bonds is 8. The fraction of sp³-hybridized carbons (Fsp3) is 0.235. The SMILES string of the molecule is CC(=O)c1cccc(S(=O)(=O)NCCSCc2ccccc2F)c1. The number of thioether (sulfide) groups is 1. The van der Waals surface area contributed by atoms with Crippen LogP contribution < -0.4 is 4.72 Å². The maximum Gasteiger partial charge on any atom is 0.240 e. The number of Topliss-reactive ketones (excluding diaryl/α,β-unsaturated/α-hetero) is 1. The number of carbonyl (C=O) groups excluding carboxylic acids is 1. The van der Waals surface area contributed by atoms with Gasteiger partial charge in [-0.15, -0.1) is 0 Å². The lowest BCUT2D eigenvalue weighted by molar-refractivity contribution is 0.101. The van der Waals surface area contributed by atoms with Gasteiger partial charge < -0.3 is 0 Å². The van der Waals surface area contributed by atoms with Crippen LogP contribution in [0.3, 0.4) is 0 Å². The Morgan fingerprint density at radius 2 is 1.92 bits per heavy atom. The van der Waals surface area contributed by atoms with Crippen LogP contribution in [-0.2, 0) is 15.8 Å². The van der Waals surface area contributed by atoms with E-state index in [0.29, 0.717) is 22.6 Å². The minimum absolute atomic E-state index is 0.0642. The van der Waals surface area contributed by atoms with Crippen LogP contribution in [0.5, 0.6) is 0 Å². The number of benzene rings is 2. The molecule has 2 aromatic rings. The average molecular weight is 367 g/mol. The highest BCUT2D eigenvalue weighted by Gasteiger charge is 2.14. The van der Waals surface area contributed by atoms with E-state index in [1.807, 2.05) is 0 Å². The number of hydrogen-bond acceptors (Lipinski definition) is 4. The number of nitrogens with one attached hydrogen (secondary N) is 1. The van der Waals surface area contributed by atoms with Crippen LogP contribution in [0.25, 0.3) is 0 Å². The lowest BCUT2D eigenvalue weighted by Crippen LogP contribution is -2.26. The molecular formula is C17H18FNO3S2. The van der Waals surface area contributed by atoms with Crippen molar-refractivity contribution in [2.24, 2.45) is 0 Å². The Kier molecular flexibility index (Phi) is 6.53. The summed E-state index contributed by atoms with van der Waals surface area (Å²) in [5.74, 6) is 0.549. The van der Waals surface area contributed by atoms with Crippen molar-refractivity contribution in [1.82, 2.24) is 4.72 Å². The molecule has 0 fully saturated rings. The van der Waals surface area contributed by atoms with Crippen LogP contribution in [-0.4, -0.2) is 26.5 Å². The first-order chi connectivity index (χ1) is 11.4. The molecule has 24 heavy (non-hydrogen) atoms. The Labute approximate surface area is 145 Å². The Bertz CT molecular complexity index is 822. The van der Waals surface area contributed by atoms with Gasteiger partial charge in [0.2, 0.25) is 10.0 Å². The molecule has 2 aromatic carbocycles. The quantitative estimate of drug-likeness (QED) is 0.575. The summed E-state index contributed by atoms with van der Waals surface area (Å²) in [6.45, 7) is 1.62. The predicted molar refractivity (Wildman–Crippen MR) is 94.2 cm³/mol. The Morgan fingerprint density at radius 3 is 2.62 bits per heavy atom. The van der Waals surface area contributed by atoms with Gasteiger partial charge in [0, 0.05) is 23.6 Å². The number of ketones is 1. The zero-order chi connectivity index (χ0) is 17.6. The van der Waals surface area contributed by atoms with E-state index in [1.54, 1.807) is 24.3 Å². The molecule has 4 nitrogen and oxygen atoms in total. The zero-order valence-corrected chi connectivity index (χ0v) is 14.8. The van der Waals surface area contributed by atoms with E-state index < -0.39 is 10.0 Å². The summed E-state index contributed by atoms with van der Waals surface area (Å²) in [5, 5.41) is 0. The van der Waals surface area contributed by atoms with Crippen molar-refractivity contribution in [1.29, 1.82) is 0 Å². The van der Waals surface area contributed by atoms with E-state index in [-0.39, 0.29) is 23.0 Å². The second kappa shape index (κ2) is 8.41. The molecule has 0 radical (unpaired) electrons. The molecule has 0 aromatic heterocycles. The first-order valence-electron chi connectivity index (χ1n) is 7.32. The molecule has 0 aliphatic heterocycles. The normalized spacial score (nSPS) is 11.4. The predicted octanol–water partition coefficient (Wildman–Crippen LogP) is 3.24. The molecule has 2 rings (SSSR count). The van der Waals surface area contributed by atoms with Crippen molar-refractivity contribution in [2.45, 2.75) is 17.6 Å². The highest BCUT2D eigenvalue weighted by Crippen LogP contribution is 2.15. The number of halogens is 1. The van der Waals surface area contributed by atoms with Crippen molar-refractivity contribution >= 4 is 27.6 Å². The first kappa shape index (κ1) is 18.6. The smallest absolute Gasteiger partial charge is 0.240 e. The van der Waals surface area contributed by atoms with Gasteiger partial charge in [0.15, 0.2) is 5.78 Å². The highest BCUT2D eigenvalue weighted by atomic mass is 32.2. The summed E-state index contributed by atoms with van der Waals surface area (Å²) in [6.07, 6.45) is 0. The minimum atomic E-state index is -3.66. The van der Waals surface area contributed by atoms with E-state index in [1.165, 1.54) is 43.0 Å². The Balaban J connectivity index is 1.86. The van der Waals surface area contributed by atoms with Gasteiger partial charge in [-0.1, -0.05) is 30.3 Å². The van der Waals surface area contributed by atoms with Crippen LogP contribution in [0.15, 0.2) is 53.4 Å². The van der Waals surface area contributed by atoms with Crippen molar-refractivity contribution in [3.63, 3.8) is 0 Å². The zero-order valence-electron chi connectivity index (χ0n) is 13.2. The Hall–Kier alpha value is -1.70. The van der Waals surface area contributed by atoms with Gasteiger partial charge in [-0.05, 0) is 30.7 Å². The average Bonchev–Trinajstić information content (AvgIpc) is 2.56. The van der Waals surface area contributed by atoms with Crippen LogP contribution in [0.4, 0.5) is 4.39 Å². The molecule has 0 aliphatic rings. The molecule has 1 N–H and O–H groups in total. The van der Waals surface area contributed by atoms with Gasteiger partial charge in [0.1, 0.15) is 5.82 Å². The van der Waals surface area contributed by atoms with Gasteiger partial charge in [0.25, 0.3) is 0 Å². The van der Waals surface area contributed by atoms with Crippen LogP contribution in [0.2, 0.25) is 0 Å². The Morgan fingerprint density at radius 1 is 1.17 bits per heavy atom. The van der Waals surface area contributed by atoms with Gasteiger partial charge in [-0.2, -0.15) is 11.8 Å². The second-order valence-corrected chi connectivity index (χ2v) is 8.00. The van der Waals surface area contributed by atoms with E-state index in [4.69, 9.17) is 0 Å². The van der Waals surface area contributed by atoms with Crippen molar-refractivity contribution < 1.29 is 17.6 Å². The first-order valence-corrected chi connectivity index (χ1v) is 9.96. The lowest BCUT2D eigenvalue weighted by Gasteiger charge is -2.08. The summed E-state index contributed by atoms with van der Waals surface area (Å²) < 4.78 is 40.4. The van der Waals surface area contributed by atoms with Crippen molar-refractivity contribution in [3.05, 3.63) is 65.5 Å². The maximum absolute atomic E-state index is 13.5. The van der Waals surface area contributed by atoms with Gasteiger partial charge >= 0.3 is 0 Å². The molecule has 0 heterocycles. The standard InChI is InChI=1S/C17H18FNO3S2/c1-13(20)14-6-4-7-16(11-14)24(21,22)19-9-10-23-12-15-5-2-3-8-17(15)18/h2-8,11,19H,9-10,12H2,1H3. The van der Waals surface area contributed by atoms with E-state index in [9.17, 15) is 17.6 Å². The largest absolute Gasteiger partial charge is 0.295 e.